The standard InChI is InChI=1S/C22H23N5O2S/c28-21-17-7-11-27(22(29)15-5-8-23-9-6-15)14-18(17)24-20(25-21)19-4-1-10-26(19)13-16-3-2-12-30-16/h2-3,5-6,8-9,12,19H,1,4,7,10-11,13-14H2,(H,24,25,28). The molecule has 0 aromatic carbocycles. The van der Waals surface area contributed by atoms with Crippen molar-refractivity contribution in [2.45, 2.75) is 38.4 Å². The number of amides is 1. The summed E-state index contributed by atoms with van der Waals surface area (Å²) >= 11 is 1.75. The van der Waals surface area contributed by atoms with Crippen LogP contribution in [0.4, 0.5) is 0 Å². The molecule has 3 aromatic heterocycles. The summed E-state index contributed by atoms with van der Waals surface area (Å²) in [5.41, 5.74) is 1.98. The van der Waals surface area contributed by atoms with E-state index in [1.54, 1.807) is 40.8 Å². The highest BCUT2D eigenvalue weighted by atomic mass is 32.1. The van der Waals surface area contributed by atoms with Crippen LogP contribution >= 0.6 is 11.3 Å². The molecule has 30 heavy (non-hydrogen) atoms. The van der Waals surface area contributed by atoms with Crippen LogP contribution in [0.2, 0.25) is 0 Å². The third kappa shape index (κ3) is 3.68. The molecule has 1 amide bonds. The lowest BCUT2D eigenvalue weighted by Crippen LogP contribution is -2.40. The van der Waals surface area contributed by atoms with Gasteiger partial charge in [0.05, 0.1) is 18.3 Å². The lowest BCUT2D eigenvalue weighted by Gasteiger charge is -2.29. The van der Waals surface area contributed by atoms with E-state index in [9.17, 15) is 9.59 Å². The van der Waals surface area contributed by atoms with Crippen LogP contribution in [0.25, 0.3) is 0 Å². The van der Waals surface area contributed by atoms with Gasteiger partial charge >= 0.3 is 0 Å². The number of nitrogens with one attached hydrogen (secondary N) is 1. The monoisotopic (exact) mass is 421 g/mol. The summed E-state index contributed by atoms with van der Waals surface area (Å²) in [4.78, 5) is 43.0. The van der Waals surface area contributed by atoms with E-state index in [1.165, 1.54) is 4.88 Å². The van der Waals surface area contributed by atoms with Gasteiger partial charge in [0.2, 0.25) is 0 Å². The zero-order valence-electron chi connectivity index (χ0n) is 16.6. The molecule has 1 fully saturated rings. The molecule has 8 heteroatoms. The van der Waals surface area contributed by atoms with Crippen LogP contribution in [0, 0.1) is 0 Å². The van der Waals surface area contributed by atoms with Crippen LogP contribution in [0.15, 0.2) is 46.8 Å². The second kappa shape index (κ2) is 8.12. The molecule has 7 nitrogen and oxygen atoms in total. The van der Waals surface area contributed by atoms with E-state index in [2.05, 4.69) is 32.4 Å². The summed E-state index contributed by atoms with van der Waals surface area (Å²) in [6, 6.07) is 7.76. The minimum Gasteiger partial charge on any atom is -0.332 e. The van der Waals surface area contributed by atoms with Crippen molar-refractivity contribution in [1.29, 1.82) is 0 Å². The number of carbonyl (C=O) groups excluding carboxylic acids is 1. The van der Waals surface area contributed by atoms with Crippen LogP contribution < -0.4 is 5.56 Å². The van der Waals surface area contributed by atoms with E-state index in [1.807, 2.05) is 0 Å². The highest BCUT2D eigenvalue weighted by Gasteiger charge is 2.31. The highest BCUT2D eigenvalue weighted by molar-refractivity contribution is 7.09. The first-order valence-electron chi connectivity index (χ1n) is 10.3. The zero-order chi connectivity index (χ0) is 20.5. The van der Waals surface area contributed by atoms with Gasteiger partial charge < -0.3 is 9.88 Å². The molecular weight excluding hydrogens is 398 g/mol. The second-order valence-electron chi connectivity index (χ2n) is 7.80. The van der Waals surface area contributed by atoms with Gasteiger partial charge in [0.25, 0.3) is 11.5 Å². The highest BCUT2D eigenvalue weighted by Crippen LogP contribution is 2.32. The third-order valence-electron chi connectivity index (χ3n) is 5.92. The number of aromatic nitrogens is 3. The summed E-state index contributed by atoms with van der Waals surface area (Å²) in [6.45, 7) is 2.75. The number of H-pyrrole nitrogens is 1. The minimum absolute atomic E-state index is 0.0492. The van der Waals surface area contributed by atoms with Gasteiger partial charge in [-0.1, -0.05) is 6.07 Å². The number of nitrogens with zero attached hydrogens (tertiary/aromatic N) is 4. The normalized spacial score (nSPS) is 19.1. The molecule has 5 heterocycles. The van der Waals surface area contributed by atoms with Crippen molar-refractivity contribution in [3.05, 3.63) is 79.9 Å². The average Bonchev–Trinajstić information content (AvgIpc) is 3.46. The molecule has 5 rings (SSSR count). The molecule has 0 aliphatic carbocycles. The number of fused-ring (bicyclic) bond motifs is 1. The number of carbonyl (C=O) groups is 1. The Kier molecular flexibility index (Phi) is 5.18. The van der Waals surface area contributed by atoms with Crippen LogP contribution in [0.1, 0.15) is 51.2 Å². The molecule has 0 bridgehead atoms. The predicted octanol–water partition coefficient (Wildman–Crippen LogP) is 2.76. The third-order valence-corrected chi connectivity index (χ3v) is 6.79. The SMILES string of the molecule is O=C(c1ccncc1)N1CCc2c(nc(C3CCCN3Cc3cccs3)[nH]c2=O)C1. The first-order valence-corrected chi connectivity index (χ1v) is 11.1. The maximum absolute atomic E-state index is 12.8. The van der Waals surface area contributed by atoms with Crippen molar-refractivity contribution in [3.8, 4) is 0 Å². The number of pyridine rings is 1. The Balaban J connectivity index is 1.40. The molecule has 1 N–H and O–H groups in total. The maximum atomic E-state index is 12.8. The van der Waals surface area contributed by atoms with E-state index in [0.29, 0.717) is 30.6 Å². The Hall–Kier alpha value is -2.84. The Labute approximate surface area is 178 Å². The maximum Gasteiger partial charge on any atom is 0.254 e. The molecule has 1 atom stereocenters. The van der Waals surface area contributed by atoms with Crippen molar-refractivity contribution in [2.75, 3.05) is 13.1 Å². The molecule has 1 saturated heterocycles. The van der Waals surface area contributed by atoms with Gasteiger partial charge in [-0.05, 0) is 49.4 Å². The fraction of sp³-hybridized carbons (Fsp3) is 0.364. The molecule has 0 radical (unpaired) electrons. The number of rotatable bonds is 4. The summed E-state index contributed by atoms with van der Waals surface area (Å²) in [6.07, 6.45) is 5.83. The second-order valence-corrected chi connectivity index (χ2v) is 8.83. The molecule has 2 aliphatic heterocycles. The molecule has 0 spiro atoms. The predicted molar refractivity (Wildman–Crippen MR) is 114 cm³/mol. The Morgan fingerprint density at radius 2 is 2.10 bits per heavy atom. The average molecular weight is 422 g/mol. The van der Waals surface area contributed by atoms with Crippen molar-refractivity contribution in [2.24, 2.45) is 0 Å². The lowest BCUT2D eigenvalue weighted by molar-refractivity contribution is 0.0730. The van der Waals surface area contributed by atoms with Crippen molar-refractivity contribution < 1.29 is 4.79 Å². The van der Waals surface area contributed by atoms with Crippen LogP contribution in [-0.2, 0) is 19.5 Å². The van der Waals surface area contributed by atoms with Crippen molar-refractivity contribution >= 4 is 17.2 Å². The van der Waals surface area contributed by atoms with Gasteiger partial charge in [-0.2, -0.15) is 0 Å². The smallest absolute Gasteiger partial charge is 0.254 e. The summed E-state index contributed by atoms with van der Waals surface area (Å²) in [5.74, 6) is 0.679. The Bertz CT molecular complexity index is 1100. The van der Waals surface area contributed by atoms with Gasteiger partial charge in [-0.25, -0.2) is 4.98 Å². The quantitative estimate of drug-likeness (QED) is 0.701. The van der Waals surface area contributed by atoms with Crippen LogP contribution in [0.3, 0.4) is 0 Å². The zero-order valence-corrected chi connectivity index (χ0v) is 17.4. The summed E-state index contributed by atoms with van der Waals surface area (Å²) in [7, 11) is 0. The fourth-order valence-corrected chi connectivity index (χ4v) is 5.12. The number of hydrogen-bond donors (Lipinski definition) is 1. The molecular formula is C22H23N5O2S. The van der Waals surface area contributed by atoms with Crippen molar-refractivity contribution in [3.63, 3.8) is 0 Å². The molecule has 0 saturated carbocycles. The number of likely N-dealkylation sites (tertiary alicyclic amines) is 1. The fourth-order valence-electron chi connectivity index (χ4n) is 4.39. The van der Waals surface area contributed by atoms with Gasteiger partial charge in [0, 0.05) is 41.5 Å². The van der Waals surface area contributed by atoms with E-state index >= 15 is 0 Å². The van der Waals surface area contributed by atoms with Crippen LogP contribution in [0.5, 0.6) is 0 Å². The molecule has 1 unspecified atom stereocenters. The molecule has 3 aromatic rings. The van der Waals surface area contributed by atoms with E-state index in [0.717, 1.165) is 37.4 Å². The van der Waals surface area contributed by atoms with Gasteiger partial charge in [0.1, 0.15) is 5.82 Å². The summed E-state index contributed by atoms with van der Waals surface area (Å²) in [5, 5.41) is 2.09. The van der Waals surface area contributed by atoms with Crippen LogP contribution in [-0.4, -0.2) is 43.7 Å². The number of hydrogen-bond acceptors (Lipinski definition) is 6. The Morgan fingerprint density at radius 1 is 1.23 bits per heavy atom. The first-order chi connectivity index (χ1) is 14.7. The molecule has 2 aliphatic rings. The van der Waals surface area contributed by atoms with Crippen molar-refractivity contribution in [1.82, 2.24) is 24.8 Å². The topological polar surface area (TPSA) is 82.2 Å². The number of aromatic amines is 1. The lowest BCUT2D eigenvalue weighted by atomic mass is 10.0. The largest absolute Gasteiger partial charge is 0.332 e. The van der Waals surface area contributed by atoms with Gasteiger partial charge in [-0.3, -0.25) is 19.5 Å². The minimum atomic E-state index is -0.0611. The summed E-state index contributed by atoms with van der Waals surface area (Å²) < 4.78 is 0. The molecule has 154 valence electrons. The Morgan fingerprint density at radius 3 is 2.90 bits per heavy atom. The number of thiophene rings is 1. The first kappa shape index (κ1) is 19.1. The van der Waals surface area contributed by atoms with E-state index in [4.69, 9.17) is 4.98 Å². The van der Waals surface area contributed by atoms with Gasteiger partial charge in [0.15, 0.2) is 0 Å². The van der Waals surface area contributed by atoms with Gasteiger partial charge in [-0.15, -0.1) is 11.3 Å². The van der Waals surface area contributed by atoms with E-state index in [-0.39, 0.29) is 17.5 Å². The van der Waals surface area contributed by atoms with E-state index < -0.39 is 0 Å².